The number of amides is 2. The van der Waals surface area contributed by atoms with Crippen molar-refractivity contribution in [2.45, 2.75) is 32.9 Å². The van der Waals surface area contributed by atoms with Crippen LogP contribution in [0.2, 0.25) is 0 Å². The van der Waals surface area contributed by atoms with Crippen LogP contribution in [-0.2, 0) is 11.3 Å². The molecule has 0 aromatic heterocycles. The highest BCUT2D eigenvalue weighted by Crippen LogP contribution is 2.20. The van der Waals surface area contributed by atoms with Crippen LogP contribution in [0.3, 0.4) is 0 Å². The second kappa shape index (κ2) is 8.03. The van der Waals surface area contributed by atoms with Gasteiger partial charge in [0.2, 0.25) is 0 Å². The molecule has 1 N–H and O–H groups in total. The average Bonchev–Trinajstić information content (AvgIpc) is 2.99. The van der Waals surface area contributed by atoms with Gasteiger partial charge in [0.25, 0.3) is 0 Å². The molecule has 1 aromatic rings. The first kappa shape index (κ1) is 16.6. The summed E-state index contributed by atoms with van der Waals surface area (Å²) in [6.45, 7) is 6.80. The first-order valence-corrected chi connectivity index (χ1v) is 7.85. The minimum Gasteiger partial charge on any atom is -0.496 e. The molecule has 1 aliphatic heterocycles. The average molecular weight is 306 g/mol. The Kier molecular flexibility index (Phi) is 6.07. The van der Waals surface area contributed by atoms with Crippen molar-refractivity contribution < 1.29 is 14.3 Å². The van der Waals surface area contributed by atoms with Gasteiger partial charge in [0.1, 0.15) is 5.75 Å². The Labute approximate surface area is 132 Å². The van der Waals surface area contributed by atoms with Gasteiger partial charge in [-0.25, -0.2) is 4.79 Å². The van der Waals surface area contributed by atoms with Crippen LogP contribution in [0.25, 0.3) is 0 Å². The minimum atomic E-state index is -0.0323. The number of benzene rings is 1. The highest BCUT2D eigenvalue weighted by molar-refractivity contribution is 5.74. The van der Waals surface area contributed by atoms with E-state index in [4.69, 9.17) is 9.47 Å². The van der Waals surface area contributed by atoms with Gasteiger partial charge in [-0.2, -0.15) is 0 Å². The van der Waals surface area contributed by atoms with Gasteiger partial charge < -0.3 is 19.7 Å². The Morgan fingerprint density at radius 2 is 2.23 bits per heavy atom. The number of hydrogen-bond acceptors (Lipinski definition) is 3. The predicted octanol–water partition coefficient (Wildman–Crippen LogP) is 2.65. The Bertz CT molecular complexity index is 485. The molecular weight excluding hydrogens is 280 g/mol. The summed E-state index contributed by atoms with van der Waals surface area (Å²) < 4.78 is 10.7. The quantitative estimate of drug-likeness (QED) is 0.879. The molecule has 122 valence electrons. The van der Waals surface area contributed by atoms with E-state index in [0.717, 1.165) is 24.3 Å². The third-order valence-corrected chi connectivity index (χ3v) is 3.68. The van der Waals surface area contributed by atoms with Crippen LogP contribution in [0.15, 0.2) is 24.3 Å². The minimum absolute atomic E-state index is 0.0323. The maximum absolute atomic E-state index is 12.6. The molecule has 1 fully saturated rings. The molecule has 0 spiro atoms. The van der Waals surface area contributed by atoms with Crippen molar-refractivity contribution in [1.29, 1.82) is 0 Å². The number of carbonyl (C=O) groups is 1. The molecule has 0 unspecified atom stereocenters. The summed E-state index contributed by atoms with van der Waals surface area (Å²) in [5.74, 6) is 1.22. The highest BCUT2D eigenvalue weighted by Gasteiger charge is 2.22. The van der Waals surface area contributed by atoms with E-state index >= 15 is 0 Å². The maximum Gasteiger partial charge on any atom is 0.318 e. The fourth-order valence-electron chi connectivity index (χ4n) is 2.61. The lowest BCUT2D eigenvalue weighted by molar-refractivity contribution is 0.172. The van der Waals surface area contributed by atoms with Crippen LogP contribution in [0.1, 0.15) is 25.8 Å². The number of hydrogen-bond donors (Lipinski definition) is 1. The molecule has 0 bridgehead atoms. The zero-order valence-corrected chi connectivity index (χ0v) is 13.7. The Morgan fingerprint density at radius 3 is 2.86 bits per heavy atom. The summed E-state index contributed by atoms with van der Waals surface area (Å²) in [6.07, 6.45) is 0.885. The Balaban J connectivity index is 2.06. The van der Waals surface area contributed by atoms with E-state index in [-0.39, 0.29) is 12.1 Å². The van der Waals surface area contributed by atoms with Crippen molar-refractivity contribution in [3.05, 3.63) is 29.8 Å². The molecule has 1 saturated heterocycles. The van der Waals surface area contributed by atoms with E-state index in [9.17, 15) is 4.79 Å². The smallest absolute Gasteiger partial charge is 0.318 e. The molecular formula is C17H26N2O3. The number of carbonyl (C=O) groups excluding carboxylic acids is 1. The van der Waals surface area contributed by atoms with Gasteiger partial charge in [-0.1, -0.05) is 32.0 Å². The normalized spacial score (nSPS) is 17.5. The lowest BCUT2D eigenvalue weighted by atomic mass is 10.1. The Morgan fingerprint density at radius 1 is 1.45 bits per heavy atom. The first-order valence-electron chi connectivity index (χ1n) is 7.85. The fraction of sp³-hybridized carbons (Fsp3) is 0.588. The van der Waals surface area contributed by atoms with E-state index in [1.807, 2.05) is 29.2 Å². The van der Waals surface area contributed by atoms with Gasteiger partial charge in [-0.3, -0.25) is 0 Å². The van der Waals surface area contributed by atoms with Crippen molar-refractivity contribution in [2.24, 2.45) is 5.92 Å². The maximum atomic E-state index is 12.6. The van der Waals surface area contributed by atoms with Gasteiger partial charge in [-0.05, 0) is 18.4 Å². The molecule has 22 heavy (non-hydrogen) atoms. The van der Waals surface area contributed by atoms with E-state index < -0.39 is 0 Å². The Hall–Kier alpha value is -1.75. The number of para-hydroxylation sites is 1. The molecule has 2 amide bonds. The predicted molar refractivity (Wildman–Crippen MR) is 86.0 cm³/mol. The molecule has 1 aromatic carbocycles. The number of methoxy groups -OCH3 is 1. The van der Waals surface area contributed by atoms with Crippen LogP contribution >= 0.6 is 0 Å². The summed E-state index contributed by atoms with van der Waals surface area (Å²) in [5, 5.41) is 3.06. The molecule has 0 radical (unpaired) electrons. The molecule has 1 atom stereocenters. The number of ether oxygens (including phenoxy) is 2. The number of rotatable bonds is 6. The summed E-state index contributed by atoms with van der Waals surface area (Å²) >= 11 is 0. The van der Waals surface area contributed by atoms with Crippen LogP contribution < -0.4 is 10.1 Å². The third kappa shape index (κ3) is 4.63. The van der Waals surface area contributed by atoms with Gasteiger partial charge in [0.05, 0.1) is 26.3 Å². The molecule has 2 rings (SSSR count). The van der Waals surface area contributed by atoms with Gasteiger partial charge in [0.15, 0.2) is 0 Å². The van der Waals surface area contributed by atoms with E-state index in [1.165, 1.54) is 0 Å². The summed E-state index contributed by atoms with van der Waals surface area (Å²) in [5.41, 5.74) is 1.02. The fourth-order valence-corrected chi connectivity index (χ4v) is 2.61. The van der Waals surface area contributed by atoms with E-state index in [2.05, 4.69) is 19.2 Å². The SMILES string of the molecule is COc1ccccc1CN(CC(C)C)C(=O)N[C@@H]1CCOC1. The van der Waals surface area contributed by atoms with Gasteiger partial charge in [-0.15, -0.1) is 0 Å². The van der Waals surface area contributed by atoms with Crippen molar-refractivity contribution in [2.75, 3.05) is 26.9 Å². The van der Waals surface area contributed by atoms with Crippen LogP contribution in [0.5, 0.6) is 5.75 Å². The van der Waals surface area contributed by atoms with E-state index in [1.54, 1.807) is 7.11 Å². The van der Waals surface area contributed by atoms with Crippen molar-refractivity contribution in [1.82, 2.24) is 10.2 Å². The molecule has 5 heteroatoms. The lowest BCUT2D eigenvalue weighted by Crippen LogP contribution is -2.46. The zero-order chi connectivity index (χ0) is 15.9. The molecule has 5 nitrogen and oxygen atoms in total. The van der Waals surface area contributed by atoms with Gasteiger partial charge in [0, 0.05) is 18.7 Å². The molecule has 1 aliphatic rings. The standard InChI is InChI=1S/C17H26N2O3/c1-13(2)10-19(17(20)18-15-8-9-22-12-15)11-14-6-4-5-7-16(14)21-3/h4-7,13,15H,8-12H2,1-3H3,(H,18,20)/t15-/m1/s1. The van der Waals surface area contributed by atoms with Crippen molar-refractivity contribution in [3.63, 3.8) is 0 Å². The highest BCUT2D eigenvalue weighted by atomic mass is 16.5. The van der Waals surface area contributed by atoms with Crippen LogP contribution in [0, 0.1) is 5.92 Å². The van der Waals surface area contributed by atoms with Crippen LogP contribution in [0.4, 0.5) is 4.79 Å². The van der Waals surface area contributed by atoms with E-state index in [0.29, 0.717) is 25.6 Å². The zero-order valence-electron chi connectivity index (χ0n) is 13.7. The topological polar surface area (TPSA) is 50.8 Å². The van der Waals surface area contributed by atoms with Crippen LogP contribution in [-0.4, -0.2) is 43.8 Å². The third-order valence-electron chi connectivity index (χ3n) is 3.68. The summed E-state index contributed by atoms with van der Waals surface area (Å²) in [7, 11) is 1.65. The molecule has 0 aliphatic carbocycles. The summed E-state index contributed by atoms with van der Waals surface area (Å²) in [4.78, 5) is 14.4. The summed E-state index contributed by atoms with van der Waals surface area (Å²) in [6, 6.07) is 7.91. The first-order chi connectivity index (χ1) is 10.6. The lowest BCUT2D eigenvalue weighted by Gasteiger charge is -2.27. The molecule has 1 heterocycles. The number of nitrogens with one attached hydrogen (secondary N) is 1. The monoisotopic (exact) mass is 306 g/mol. The second-order valence-electron chi connectivity index (χ2n) is 6.10. The molecule has 0 saturated carbocycles. The van der Waals surface area contributed by atoms with Crippen molar-refractivity contribution in [3.8, 4) is 5.75 Å². The largest absolute Gasteiger partial charge is 0.496 e. The number of nitrogens with zero attached hydrogens (tertiary/aromatic N) is 1. The number of urea groups is 1. The second-order valence-corrected chi connectivity index (χ2v) is 6.10. The van der Waals surface area contributed by atoms with Crippen molar-refractivity contribution >= 4 is 6.03 Å². The van der Waals surface area contributed by atoms with Gasteiger partial charge >= 0.3 is 6.03 Å².